The van der Waals surface area contributed by atoms with Crippen LogP contribution in [-0.2, 0) is 7.05 Å². The zero-order valence-electron chi connectivity index (χ0n) is 18.7. The first-order valence-corrected chi connectivity index (χ1v) is 11.3. The number of aryl methyl sites for hydroxylation is 2. The van der Waals surface area contributed by atoms with Gasteiger partial charge in [0.1, 0.15) is 17.5 Å². The molecule has 1 aromatic carbocycles. The highest BCUT2D eigenvalue weighted by atomic mass is 35.5. The van der Waals surface area contributed by atoms with E-state index in [0.29, 0.717) is 29.1 Å². The molecule has 0 radical (unpaired) electrons. The number of anilines is 1. The van der Waals surface area contributed by atoms with Crippen LogP contribution in [0.1, 0.15) is 30.3 Å². The average Bonchev–Trinajstić information content (AvgIpc) is 3.23. The Morgan fingerprint density at radius 2 is 2.00 bits per heavy atom. The molecule has 1 aliphatic heterocycles. The Bertz CT molecular complexity index is 1430. The molecule has 4 heterocycles. The molecule has 1 saturated heterocycles. The summed E-state index contributed by atoms with van der Waals surface area (Å²) in [5, 5.41) is 5.07. The van der Waals surface area contributed by atoms with Gasteiger partial charge in [-0.25, -0.2) is 14.4 Å². The van der Waals surface area contributed by atoms with Gasteiger partial charge in [0, 0.05) is 43.0 Å². The van der Waals surface area contributed by atoms with Crippen LogP contribution >= 0.6 is 11.6 Å². The molecule has 0 aliphatic carbocycles. The third-order valence-corrected chi connectivity index (χ3v) is 6.52. The molecule has 1 unspecified atom stereocenters. The number of halogens is 2. The molecular formula is C24H24ClFN6O. The molecule has 7 nitrogen and oxygen atoms in total. The van der Waals surface area contributed by atoms with E-state index in [9.17, 15) is 9.18 Å². The summed E-state index contributed by atoms with van der Waals surface area (Å²) in [5.74, 6) is 0.718. The van der Waals surface area contributed by atoms with E-state index in [4.69, 9.17) is 16.6 Å². The van der Waals surface area contributed by atoms with Crippen LogP contribution in [0.5, 0.6) is 0 Å². The number of benzene rings is 1. The average molecular weight is 467 g/mol. The van der Waals surface area contributed by atoms with Crippen molar-refractivity contribution in [2.24, 2.45) is 7.05 Å². The highest BCUT2D eigenvalue weighted by Gasteiger charge is 2.25. The van der Waals surface area contributed by atoms with E-state index >= 15 is 0 Å². The van der Waals surface area contributed by atoms with Crippen molar-refractivity contribution >= 4 is 28.3 Å². The summed E-state index contributed by atoms with van der Waals surface area (Å²) in [7, 11) is 1.65. The molecule has 0 N–H and O–H groups in total. The highest BCUT2D eigenvalue weighted by Crippen LogP contribution is 2.33. The van der Waals surface area contributed by atoms with E-state index < -0.39 is 5.82 Å². The molecule has 3 aromatic heterocycles. The first-order valence-electron chi connectivity index (χ1n) is 10.9. The second kappa shape index (κ2) is 8.26. The lowest BCUT2D eigenvalue weighted by Crippen LogP contribution is -2.37. The van der Waals surface area contributed by atoms with Crippen LogP contribution in [0, 0.1) is 19.7 Å². The number of aromatic nitrogens is 5. The van der Waals surface area contributed by atoms with Crippen molar-refractivity contribution in [3.8, 4) is 11.3 Å². The van der Waals surface area contributed by atoms with Crippen molar-refractivity contribution in [2.45, 2.75) is 32.7 Å². The molecule has 4 aromatic rings. The third kappa shape index (κ3) is 3.88. The predicted octanol–water partition coefficient (Wildman–Crippen LogP) is 4.44. The second-order valence-corrected chi connectivity index (χ2v) is 9.05. The number of hydrogen-bond donors (Lipinski definition) is 0. The highest BCUT2D eigenvalue weighted by molar-refractivity contribution is 6.30. The molecule has 0 saturated carbocycles. The second-order valence-electron chi connectivity index (χ2n) is 8.61. The van der Waals surface area contributed by atoms with Gasteiger partial charge in [-0.1, -0.05) is 11.6 Å². The smallest absolute Gasteiger partial charge is 0.263 e. The number of piperidine rings is 1. The summed E-state index contributed by atoms with van der Waals surface area (Å²) < 4.78 is 18.4. The van der Waals surface area contributed by atoms with Gasteiger partial charge in [-0.3, -0.25) is 14.0 Å². The molecule has 9 heteroatoms. The Morgan fingerprint density at radius 3 is 2.73 bits per heavy atom. The van der Waals surface area contributed by atoms with Gasteiger partial charge in [-0.2, -0.15) is 5.10 Å². The number of rotatable bonds is 3. The SMILES string of the molecule is Cc1cnn(C2CCCN(c3cc4nc(C)n(C)c(=O)c4c(-c4ccc(Cl)cc4F)n3)C2)c1. The van der Waals surface area contributed by atoms with Crippen LogP contribution < -0.4 is 10.5 Å². The van der Waals surface area contributed by atoms with E-state index in [0.717, 1.165) is 24.9 Å². The normalized spacial score (nSPS) is 16.5. The van der Waals surface area contributed by atoms with Crippen molar-refractivity contribution in [2.75, 3.05) is 18.0 Å². The minimum absolute atomic E-state index is 0.207. The first-order chi connectivity index (χ1) is 15.8. The number of nitrogens with zero attached hydrogens (tertiary/aromatic N) is 6. The number of fused-ring (bicyclic) bond motifs is 1. The Kier molecular flexibility index (Phi) is 5.40. The molecule has 170 valence electrons. The molecule has 1 aliphatic rings. The Morgan fingerprint density at radius 1 is 1.18 bits per heavy atom. The van der Waals surface area contributed by atoms with E-state index in [2.05, 4.69) is 15.0 Å². The van der Waals surface area contributed by atoms with E-state index in [1.807, 2.05) is 30.1 Å². The van der Waals surface area contributed by atoms with Gasteiger partial charge >= 0.3 is 0 Å². The Labute approximate surface area is 195 Å². The molecule has 0 spiro atoms. The summed E-state index contributed by atoms with van der Waals surface area (Å²) in [5.41, 5.74) is 1.87. The predicted molar refractivity (Wildman–Crippen MR) is 127 cm³/mol. The van der Waals surface area contributed by atoms with Crippen LogP contribution in [0.15, 0.2) is 41.5 Å². The van der Waals surface area contributed by atoms with Crippen molar-refractivity contribution in [1.29, 1.82) is 0 Å². The largest absolute Gasteiger partial charge is 0.354 e. The zero-order chi connectivity index (χ0) is 23.3. The third-order valence-electron chi connectivity index (χ3n) is 6.28. The van der Waals surface area contributed by atoms with Gasteiger partial charge < -0.3 is 4.90 Å². The minimum atomic E-state index is -0.528. The quantitative estimate of drug-likeness (QED) is 0.446. The Balaban J connectivity index is 1.67. The fourth-order valence-corrected chi connectivity index (χ4v) is 4.59. The number of pyridine rings is 1. The maximum atomic E-state index is 15.0. The van der Waals surface area contributed by atoms with E-state index in [-0.39, 0.29) is 27.9 Å². The van der Waals surface area contributed by atoms with Gasteiger partial charge in [0.25, 0.3) is 5.56 Å². The van der Waals surface area contributed by atoms with Crippen LogP contribution in [0.2, 0.25) is 5.02 Å². The fraction of sp³-hybridized carbons (Fsp3) is 0.333. The van der Waals surface area contributed by atoms with Crippen molar-refractivity contribution in [3.05, 3.63) is 69.2 Å². The molecule has 1 fully saturated rings. The zero-order valence-corrected chi connectivity index (χ0v) is 19.5. The lowest BCUT2D eigenvalue weighted by Gasteiger charge is -2.34. The summed E-state index contributed by atoms with van der Waals surface area (Å²) >= 11 is 5.97. The van der Waals surface area contributed by atoms with Crippen LogP contribution in [0.4, 0.5) is 10.2 Å². The molecule has 33 heavy (non-hydrogen) atoms. The van der Waals surface area contributed by atoms with Crippen molar-refractivity contribution in [1.82, 2.24) is 24.3 Å². The summed E-state index contributed by atoms with van der Waals surface area (Å²) in [4.78, 5) is 24.8. The van der Waals surface area contributed by atoms with Gasteiger partial charge in [0.15, 0.2) is 0 Å². The topological polar surface area (TPSA) is 68.8 Å². The fourth-order valence-electron chi connectivity index (χ4n) is 4.43. The molecule has 0 amide bonds. The Hall–Kier alpha value is -3.26. The monoisotopic (exact) mass is 466 g/mol. The van der Waals surface area contributed by atoms with Crippen molar-refractivity contribution in [3.63, 3.8) is 0 Å². The molecular weight excluding hydrogens is 443 g/mol. The molecule has 5 rings (SSSR count). The lowest BCUT2D eigenvalue weighted by molar-refractivity contribution is 0.375. The standard InChI is InChI=1S/C24H24ClFN6O/c1-14-11-27-32(12-14)17-5-4-8-31(13-17)21-10-20-22(24(33)30(3)15(2)28-20)23(29-21)18-7-6-16(25)9-19(18)26/h6-7,9-12,17H,4-5,8,13H2,1-3H3. The molecule has 0 bridgehead atoms. The van der Waals surface area contributed by atoms with Gasteiger partial charge in [0.2, 0.25) is 0 Å². The van der Waals surface area contributed by atoms with Gasteiger partial charge in [0.05, 0.1) is 28.8 Å². The first kappa shape index (κ1) is 21.6. The molecule has 1 atom stereocenters. The summed E-state index contributed by atoms with van der Waals surface area (Å²) in [6, 6.07) is 6.44. The van der Waals surface area contributed by atoms with Crippen LogP contribution in [-0.4, -0.2) is 37.4 Å². The van der Waals surface area contributed by atoms with Crippen LogP contribution in [0.25, 0.3) is 22.2 Å². The maximum absolute atomic E-state index is 15.0. The van der Waals surface area contributed by atoms with Crippen LogP contribution in [0.3, 0.4) is 0 Å². The summed E-state index contributed by atoms with van der Waals surface area (Å²) in [6.45, 7) is 5.32. The maximum Gasteiger partial charge on any atom is 0.263 e. The summed E-state index contributed by atoms with van der Waals surface area (Å²) in [6.07, 6.45) is 5.89. The van der Waals surface area contributed by atoms with E-state index in [1.165, 1.54) is 10.6 Å². The minimum Gasteiger partial charge on any atom is -0.354 e. The lowest BCUT2D eigenvalue weighted by atomic mass is 10.0. The van der Waals surface area contributed by atoms with E-state index in [1.54, 1.807) is 26.1 Å². The van der Waals surface area contributed by atoms with Gasteiger partial charge in [-0.05, 0) is 50.5 Å². The van der Waals surface area contributed by atoms with Crippen molar-refractivity contribution < 1.29 is 4.39 Å². The van der Waals surface area contributed by atoms with Gasteiger partial charge in [-0.15, -0.1) is 0 Å². The number of hydrogen-bond acceptors (Lipinski definition) is 5.